The lowest BCUT2D eigenvalue weighted by Crippen LogP contribution is -2.44. The molecule has 4 aliphatic rings. The number of nitrogens with one attached hydrogen (secondary N) is 2. The number of amides is 4. The Kier molecular flexibility index (Phi) is 5.42. The minimum atomic E-state index is -0.641. The van der Waals surface area contributed by atoms with Gasteiger partial charge < -0.3 is 10.6 Å². The fourth-order valence-corrected chi connectivity index (χ4v) is 5.90. The summed E-state index contributed by atoms with van der Waals surface area (Å²) in [5.41, 5.74) is -0.641. The average molecular weight is 376 g/mol. The maximum atomic E-state index is 12.6. The molecule has 0 aromatic heterocycles. The standard InChI is InChI=1S/C21H33N3O3/c25-18(22-17-10-9-15-6-1-2-7-16(15)14-17)8-5-13-24-19(26)21(23-20(24)27)11-3-4-12-21/h15-17H,1-14H2,(H,22,25)(H,23,27)/t15-,16+,17-/m1/s1. The van der Waals surface area contributed by atoms with Gasteiger partial charge >= 0.3 is 6.03 Å². The minimum Gasteiger partial charge on any atom is -0.353 e. The Morgan fingerprint density at radius 1 is 1.04 bits per heavy atom. The van der Waals surface area contributed by atoms with Gasteiger partial charge in [0.25, 0.3) is 5.91 Å². The van der Waals surface area contributed by atoms with Crippen molar-refractivity contribution < 1.29 is 14.4 Å². The summed E-state index contributed by atoms with van der Waals surface area (Å²) in [7, 11) is 0. The van der Waals surface area contributed by atoms with E-state index in [4.69, 9.17) is 0 Å². The molecule has 0 unspecified atom stereocenters. The van der Waals surface area contributed by atoms with Gasteiger partial charge in [-0.1, -0.05) is 38.5 Å². The van der Waals surface area contributed by atoms with Crippen molar-refractivity contribution in [3.63, 3.8) is 0 Å². The van der Waals surface area contributed by atoms with Crippen LogP contribution in [0.3, 0.4) is 0 Å². The predicted molar refractivity (Wildman–Crippen MR) is 102 cm³/mol. The van der Waals surface area contributed by atoms with Gasteiger partial charge in [0.2, 0.25) is 5.91 Å². The fourth-order valence-electron chi connectivity index (χ4n) is 5.90. The van der Waals surface area contributed by atoms with E-state index in [2.05, 4.69) is 10.6 Å². The third-order valence-electron chi connectivity index (χ3n) is 7.39. The van der Waals surface area contributed by atoms with E-state index in [9.17, 15) is 14.4 Å². The smallest absolute Gasteiger partial charge is 0.325 e. The van der Waals surface area contributed by atoms with Gasteiger partial charge in [-0.15, -0.1) is 0 Å². The topological polar surface area (TPSA) is 78.5 Å². The molecule has 1 heterocycles. The number of imide groups is 1. The molecular formula is C21H33N3O3. The summed E-state index contributed by atoms with van der Waals surface area (Å²) in [6.45, 7) is 0.342. The number of hydrogen-bond donors (Lipinski definition) is 2. The Balaban J connectivity index is 1.20. The van der Waals surface area contributed by atoms with Crippen LogP contribution in [0.2, 0.25) is 0 Å². The molecule has 0 aromatic carbocycles. The van der Waals surface area contributed by atoms with Crippen LogP contribution >= 0.6 is 0 Å². The summed E-state index contributed by atoms with van der Waals surface area (Å²) in [6.07, 6.45) is 13.3. The summed E-state index contributed by atoms with van der Waals surface area (Å²) >= 11 is 0. The van der Waals surface area contributed by atoms with Gasteiger partial charge in [0, 0.05) is 19.0 Å². The molecule has 1 spiro atoms. The first-order valence-electron chi connectivity index (χ1n) is 11.0. The number of fused-ring (bicyclic) bond motifs is 1. The molecule has 0 bridgehead atoms. The Hall–Kier alpha value is -1.59. The lowest BCUT2D eigenvalue weighted by Gasteiger charge is -2.39. The molecular weight excluding hydrogens is 342 g/mol. The van der Waals surface area contributed by atoms with E-state index in [-0.39, 0.29) is 17.8 Å². The third kappa shape index (κ3) is 3.85. The molecule has 6 heteroatoms. The van der Waals surface area contributed by atoms with E-state index >= 15 is 0 Å². The van der Waals surface area contributed by atoms with Crippen LogP contribution in [0.1, 0.15) is 83.5 Å². The molecule has 4 fully saturated rings. The van der Waals surface area contributed by atoms with Crippen LogP contribution in [0.4, 0.5) is 4.79 Å². The highest BCUT2D eigenvalue weighted by Gasteiger charge is 2.52. The Bertz CT molecular complexity index is 599. The Labute approximate surface area is 161 Å². The van der Waals surface area contributed by atoms with E-state index in [0.29, 0.717) is 25.4 Å². The van der Waals surface area contributed by atoms with Crippen LogP contribution < -0.4 is 10.6 Å². The van der Waals surface area contributed by atoms with Crippen molar-refractivity contribution in [3.05, 3.63) is 0 Å². The molecule has 3 aliphatic carbocycles. The summed E-state index contributed by atoms with van der Waals surface area (Å²) in [6, 6.07) is 0.0354. The number of carbonyl (C=O) groups excluding carboxylic acids is 3. The van der Waals surface area contributed by atoms with Crippen LogP contribution in [0.5, 0.6) is 0 Å². The molecule has 27 heavy (non-hydrogen) atoms. The lowest BCUT2D eigenvalue weighted by atomic mass is 9.69. The zero-order valence-corrected chi connectivity index (χ0v) is 16.3. The first kappa shape index (κ1) is 18.8. The van der Waals surface area contributed by atoms with Crippen molar-refractivity contribution in [2.45, 2.75) is 95.1 Å². The molecule has 3 saturated carbocycles. The van der Waals surface area contributed by atoms with E-state index < -0.39 is 5.54 Å². The second kappa shape index (κ2) is 7.80. The van der Waals surface area contributed by atoms with Crippen molar-refractivity contribution in [2.75, 3.05) is 6.54 Å². The van der Waals surface area contributed by atoms with E-state index in [0.717, 1.165) is 50.4 Å². The van der Waals surface area contributed by atoms with Gasteiger partial charge in [0.1, 0.15) is 5.54 Å². The van der Waals surface area contributed by atoms with Gasteiger partial charge in [0.05, 0.1) is 0 Å². The van der Waals surface area contributed by atoms with E-state index in [1.165, 1.54) is 37.0 Å². The van der Waals surface area contributed by atoms with Crippen molar-refractivity contribution in [2.24, 2.45) is 11.8 Å². The van der Waals surface area contributed by atoms with Gasteiger partial charge in [-0.05, 0) is 50.4 Å². The quantitative estimate of drug-likeness (QED) is 0.725. The molecule has 0 radical (unpaired) electrons. The van der Waals surface area contributed by atoms with Crippen LogP contribution in [0, 0.1) is 11.8 Å². The summed E-state index contributed by atoms with van der Waals surface area (Å²) in [4.78, 5) is 38.4. The molecule has 1 saturated heterocycles. The Morgan fingerprint density at radius 2 is 1.78 bits per heavy atom. The van der Waals surface area contributed by atoms with Crippen LogP contribution in [0.15, 0.2) is 0 Å². The SMILES string of the molecule is O=C(CCCN1C(=O)NC2(CCCC2)C1=O)N[C@@H]1CC[C@H]2CCCC[C@H]2C1. The molecule has 2 N–H and O–H groups in total. The van der Waals surface area contributed by atoms with E-state index in [1.807, 2.05) is 0 Å². The van der Waals surface area contributed by atoms with Crippen molar-refractivity contribution in [1.82, 2.24) is 15.5 Å². The predicted octanol–water partition coefficient (Wildman–Crippen LogP) is 3.11. The van der Waals surface area contributed by atoms with Gasteiger partial charge in [-0.2, -0.15) is 0 Å². The molecule has 4 rings (SSSR count). The maximum Gasteiger partial charge on any atom is 0.325 e. The second-order valence-electron chi connectivity index (χ2n) is 9.16. The van der Waals surface area contributed by atoms with Crippen LogP contribution in [-0.2, 0) is 9.59 Å². The normalized spacial score (nSPS) is 32.4. The highest BCUT2D eigenvalue weighted by molar-refractivity contribution is 6.07. The van der Waals surface area contributed by atoms with E-state index in [1.54, 1.807) is 0 Å². The number of rotatable bonds is 5. The van der Waals surface area contributed by atoms with Gasteiger partial charge in [-0.3, -0.25) is 14.5 Å². The largest absolute Gasteiger partial charge is 0.353 e. The zero-order valence-electron chi connectivity index (χ0n) is 16.3. The van der Waals surface area contributed by atoms with Gasteiger partial charge in [-0.25, -0.2) is 4.79 Å². The average Bonchev–Trinajstić information content (AvgIpc) is 3.22. The first-order chi connectivity index (χ1) is 13.1. The molecule has 4 amide bonds. The number of nitrogens with zero attached hydrogens (tertiary/aromatic N) is 1. The highest BCUT2D eigenvalue weighted by atomic mass is 16.2. The zero-order chi connectivity index (χ0) is 18.9. The van der Waals surface area contributed by atoms with Gasteiger partial charge in [0.15, 0.2) is 0 Å². The lowest BCUT2D eigenvalue weighted by molar-refractivity contribution is -0.131. The summed E-state index contributed by atoms with van der Waals surface area (Å²) < 4.78 is 0. The third-order valence-corrected chi connectivity index (χ3v) is 7.39. The highest BCUT2D eigenvalue weighted by Crippen LogP contribution is 2.40. The molecule has 3 atom stereocenters. The monoisotopic (exact) mass is 375 g/mol. The number of hydrogen-bond acceptors (Lipinski definition) is 3. The van der Waals surface area contributed by atoms with Crippen LogP contribution in [-0.4, -0.2) is 40.9 Å². The summed E-state index contributed by atoms with van der Waals surface area (Å²) in [5, 5.41) is 6.10. The molecule has 0 aromatic rings. The minimum absolute atomic E-state index is 0.0666. The fraction of sp³-hybridized carbons (Fsp3) is 0.857. The first-order valence-corrected chi connectivity index (χ1v) is 11.0. The van der Waals surface area contributed by atoms with Crippen molar-refractivity contribution in [1.29, 1.82) is 0 Å². The number of urea groups is 1. The van der Waals surface area contributed by atoms with Crippen LogP contribution in [0.25, 0.3) is 0 Å². The van der Waals surface area contributed by atoms with Crippen molar-refractivity contribution in [3.8, 4) is 0 Å². The summed E-state index contributed by atoms with van der Waals surface area (Å²) in [5.74, 6) is 1.67. The molecule has 1 aliphatic heterocycles. The Morgan fingerprint density at radius 3 is 2.56 bits per heavy atom. The number of carbonyl (C=O) groups is 3. The molecule has 150 valence electrons. The maximum absolute atomic E-state index is 12.6. The second-order valence-corrected chi connectivity index (χ2v) is 9.16. The molecule has 6 nitrogen and oxygen atoms in total. The van der Waals surface area contributed by atoms with Crippen molar-refractivity contribution >= 4 is 17.8 Å².